The molecular weight excluding hydrogens is 420 g/mol. The molecule has 0 aromatic heterocycles. The van der Waals surface area contributed by atoms with Crippen molar-refractivity contribution in [2.24, 2.45) is 0 Å². The second-order valence-corrected chi connectivity index (χ2v) is 9.30. The smallest absolute Gasteiger partial charge is 0.303 e. The van der Waals surface area contributed by atoms with Crippen molar-refractivity contribution in [2.45, 2.75) is 65.9 Å². The van der Waals surface area contributed by atoms with Crippen molar-refractivity contribution in [3.8, 4) is 17.2 Å². The van der Waals surface area contributed by atoms with Crippen LogP contribution in [0.2, 0.25) is 0 Å². The Hall–Kier alpha value is -3.28. The number of carbonyl (C=O) groups excluding carboxylic acids is 2. The van der Waals surface area contributed by atoms with Crippen LogP contribution in [0, 0.1) is 0 Å². The number of fused-ring (bicyclic) bond motifs is 2. The quantitative estimate of drug-likeness (QED) is 0.409. The highest BCUT2D eigenvalue weighted by atomic mass is 16.6. The van der Waals surface area contributed by atoms with Crippen LogP contribution >= 0.6 is 0 Å². The summed E-state index contributed by atoms with van der Waals surface area (Å²) in [5, 5.41) is 22.1. The Kier molecular flexibility index (Phi) is 7.15. The van der Waals surface area contributed by atoms with Crippen molar-refractivity contribution in [1.82, 2.24) is 0 Å². The fraction of sp³-hybridized carbons (Fsp3) is 0.407. The summed E-state index contributed by atoms with van der Waals surface area (Å²) in [4.78, 5) is 24.3. The molecule has 0 saturated carbocycles. The van der Waals surface area contributed by atoms with Crippen molar-refractivity contribution < 1.29 is 29.3 Å². The Bertz CT molecular complexity index is 1150. The first kappa shape index (κ1) is 24.4. The maximum atomic E-state index is 12.8. The third-order valence-corrected chi connectivity index (χ3v) is 5.79. The number of esters is 1. The minimum Gasteiger partial charge on any atom is -0.507 e. The lowest BCUT2D eigenvalue weighted by atomic mass is 9.79. The van der Waals surface area contributed by atoms with Crippen LogP contribution in [0.15, 0.2) is 41.5 Å². The summed E-state index contributed by atoms with van der Waals surface area (Å²) >= 11 is 0. The summed E-state index contributed by atoms with van der Waals surface area (Å²) in [6.07, 6.45) is 6.40. The monoisotopic (exact) mass is 452 g/mol. The highest BCUT2D eigenvalue weighted by Crippen LogP contribution is 2.44. The SMILES string of the molecule is CC(=O)O[C@@]1(C)CC(=O)c2c(cc3cc(OCC=C(C)CCC=C(C)C)cc(O)c3c2O)C1. The van der Waals surface area contributed by atoms with Crippen LogP contribution in [0.5, 0.6) is 17.2 Å². The van der Waals surface area contributed by atoms with Crippen molar-refractivity contribution in [3.63, 3.8) is 0 Å². The van der Waals surface area contributed by atoms with Crippen LogP contribution in [-0.2, 0) is 16.0 Å². The summed E-state index contributed by atoms with van der Waals surface area (Å²) in [6.45, 7) is 9.58. The maximum absolute atomic E-state index is 12.8. The number of ketones is 1. The van der Waals surface area contributed by atoms with E-state index in [2.05, 4.69) is 26.8 Å². The molecule has 6 nitrogen and oxygen atoms in total. The Balaban J connectivity index is 1.87. The van der Waals surface area contributed by atoms with Crippen LogP contribution in [0.4, 0.5) is 0 Å². The van der Waals surface area contributed by atoms with Crippen LogP contribution in [-0.4, -0.2) is 34.2 Å². The van der Waals surface area contributed by atoms with Gasteiger partial charge in [0.25, 0.3) is 0 Å². The number of phenolic OH excluding ortho intramolecular Hbond substituents is 2. The molecule has 0 radical (unpaired) electrons. The lowest BCUT2D eigenvalue weighted by Gasteiger charge is -2.33. The van der Waals surface area contributed by atoms with Gasteiger partial charge in [-0.3, -0.25) is 9.59 Å². The molecule has 6 heteroatoms. The van der Waals surface area contributed by atoms with E-state index in [0.717, 1.165) is 12.8 Å². The third kappa shape index (κ3) is 5.75. The van der Waals surface area contributed by atoms with E-state index in [9.17, 15) is 19.8 Å². The molecule has 1 atom stereocenters. The average molecular weight is 453 g/mol. The molecule has 2 N–H and O–H groups in total. The highest BCUT2D eigenvalue weighted by Gasteiger charge is 2.39. The van der Waals surface area contributed by atoms with Gasteiger partial charge in [-0.25, -0.2) is 0 Å². The fourth-order valence-electron chi connectivity index (χ4n) is 4.35. The lowest BCUT2D eigenvalue weighted by molar-refractivity contribution is -0.155. The van der Waals surface area contributed by atoms with Crippen molar-refractivity contribution in [3.05, 3.63) is 52.6 Å². The first-order chi connectivity index (χ1) is 15.5. The van der Waals surface area contributed by atoms with E-state index in [-0.39, 0.29) is 41.1 Å². The number of aromatic hydroxyl groups is 2. The van der Waals surface area contributed by atoms with E-state index in [1.807, 2.05) is 6.08 Å². The molecule has 3 rings (SSSR count). The zero-order valence-corrected chi connectivity index (χ0v) is 19.9. The molecule has 1 aliphatic carbocycles. The zero-order valence-electron chi connectivity index (χ0n) is 19.9. The largest absolute Gasteiger partial charge is 0.507 e. The molecule has 1 aliphatic rings. The summed E-state index contributed by atoms with van der Waals surface area (Å²) in [6, 6.07) is 4.91. The molecule has 0 bridgehead atoms. The molecule has 33 heavy (non-hydrogen) atoms. The number of allylic oxidation sites excluding steroid dienone is 3. The predicted molar refractivity (Wildman–Crippen MR) is 128 cm³/mol. The molecule has 0 heterocycles. The van der Waals surface area contributed by atoms with Gasteiger partial charge < -0.3 is 19.7 Å². The van der Waals surface area contributed by atoms with Crippen LogP contribution in [0.3, 0.4) is 0 Å². The van der Waals surface area contributed by atoms with Crippen molar-refractivity contribution in [1.29, 1.82) is 0 Å². The molecule has 0 spiro atoms. The third-order valence-electron chi connectivity index (χ3n) is 5.79. The maximum Gasteiger partial charge on any atom is 0.303 e. The number of carbonyl (C=O) groups is 2. The number of Topliss-reactive ketones (excluding diaryl/α,β-unsaturated/α-hetero) is 1. The van der Waals surface area contributed by atoms with Gasteiger partial charge in [-0.2, -0.15) is 0 Å². The number of hydrogen-bond donors (Lipinski definition) is 2. The van der Waals surface area contributed by atoms with Gasteiger partial charge in [0, 0.05) is 19.4 Å². The van der Waals surface area contributed by atoms with E-state index < -0.39 is 11.6 Å². The molecule has 0 aliphatic heterocycles. The van der Waals surface area contributed by atoms with E-state index >= 15 is 0 Å². The first-order valence-corrected chi connectivity index (χ1v) is 11.2. The second-order valence-electron chi connectivity index (χ2n) is 9.30. The molecule has 0 amide bonds. The molecule has 176 valence electrons. The summed E-state index contributed by atoms with van der Waals surface area (Å²) in [5.41, 5.74) is 2.29. The topological polar surface area (TPSA) is 93.1 Å². The van der Waals surface area contributed by atoms with Crippen LogP contribution in [0.1, 0.15) is 69.8 Å². The number of benzene rings is 2. The number of ether oxygens (including phenoxy) is 2. The number of rotatable bonds is 7. The van der Waals surface area contributed by atoms with E-state index in [0.29, 0.717) is 23.3 Å². The Morgan fingerprint density at radius 2 is 1.82 bits per heavy atom. The van der Waals surface area contributed by atoms with Crippen molar-refractivity contribution in [2.75, 3.05) is 6.61 Å². The van der Waals surface area contributed by atoms with Crippen LogP contribution < -0.4 is 4.74 Å². The Labute approximate surface area is 194 Å². The summed E-state index contributed by atoms with van der Waals surface area (Å²) in [7, 11) is 0. The molecule has 2 aromatic carbocycles. The minimum atomic E-state index is -0.972. The Morgan fingerprint density at radius 1 is 1.09 bits per heavy atom. The van der Waals surface area contributed by atoms with Gasteiger partial charge in [0.2, 0.25) is 0 Å². The summed E-state index contributed by atoms with van der Waals surface area (Å²) < 4.78 is 11.2. The summed E-state index contributed by atoms with van der Waals surface area (Å²) in [5.74, 6) is -0.744. The van der Waals surface area contributed by atoms with Gasteiger partial charge in [-0.05, 0) is 69.7 Å². The molecule has 0 fully saturated rings. The molecule has 0 saturated heterocycles. The van der Waals surface area contributed by atoms with Gasteiger partial charge in [0.05, 0.1) is 17.4 Å². The van der Waals surface area contributed by atoms with E-state index in [4.69, 9.17) is 9.47 Å². The van der Waals surface area contributed by atoms with Gasteiger partial charge in [0.15, 0.2) is 5.78 Å². The normalized spacial score (nSPS) is 18.1. The molecule has 0 unspecified atom stereocenters. The van der Waals surface area contributed by atoms with Crippen LogP contribution in [0.25, 0.3) is 10.8 Å². The lowest BCUT2D eigenvalue weighted by Crippen LogP contribution is -2.40. The molecular formula is C27H32O6. The van der Waals surface area contributed by atoms with Gasteiger partial charge in [0.1, 0.15) is 29.5 Å². The molecule has 2 aromatic rings. The number of phenols is 2. The van der Waals surface area contributed by atoms with Gasteiger partial charge in [-0.15, -0.1) is 0 Å². The van der Waals surface area contributed by atoms with Gasteiger partial charge in [-0.1, -0.05) is 17.2 Å². The second kappa shape index (κ2) is 9.69. The van der Waals surface area contributed by atoms with E-state index in [1.54, 1.807) is 19.1 Å². The number of hydrogen-bond acceptors (Lipinski definition) is 6. The van der Waals surface area contributed by atoms with Gasteiger partial charge >= 0.3 is 5.97 Å². The minimum absolute atomic E-state index is 0.0279. The fourth-order valence-corrected chi connectivity index (χ4v) is 4.35. The highest BCUT2D eigenvalue weighted by molar-refractivity contribution is 6.09. The Morgan fingerprint density at radius 3 is 2.48 bits per heavy atom. The van der Waals surface area contributed by atoms with E-state index in [1.165, 1.54) is 24.1 Å². The average Bonchev–Trinajstić information content (AvgIpc) is 2.65. The zero-order chi connectivity index (χ0) is 24.3. The first-order valence-electron chi connectivity index (χ1n) is 11.2. The standard InChI is InChI=1S/C27H32O6/c1-16(2)7-6-8-17(3)9-10-32-21-12-19-11-20-14-27(5,33-18(4)28)15-23(30)25(20)26(31)24(19)22(29)13-21/h7,9,11-13,29,31H,6,8,10,14-15H2,1-5H3/t27-/m1/s1. The van der Waals surface area contributed by atoms with Crippen molar-refractivity contribution >= 4 is 22.5 Å². The predicted octanol–water partition coefficient (Wildman–Crippen LogP) is 5.77.